The molecule has 3 rings (SSSR count). The van der Waals surface area contributed by atoms with Gasteiger partial charge >= 0.3 is 0 Å². The molecule has 0 spiro atoms. The van der Waals surface area contributed by atoms with Crippen LogP contribution in [0.4, 0.5) is 0 Å². The van der Waals surface area contributed by atoms with Gasteiger partial charge < -0.3 is 14.4 Å². The molecule has 0 bridgehead atoms. The second-order valence-corrected chi connectivity index (χ2v) is 4.32. The van der Waals surface area contributed by atoms with E-state index in [1.54, 1.807) is 6.92 Å². The Kier molecular flexibility index (Phi) is 2.64. The molecule has 6 heteroatoms. The normalized spacial score (nSPS) is 19.9. The first-order valence-electron chi connectivity index (χ1n) is 5.85. The average molecular weight is 233 g/mol. The van der Waals surface area contributed by atoms with Crippen LogP contribution in [0.1, 0.15) is 36.3 Å². The summed E-state index contributed by atoms with van der Waals surface area (Å²) in [6.45, 7) is 3.49. The lowest BCUT2D eigenvalue weighted by Gasteiger charge is -2.12. The van der Waals surface area contributed by atoms with Gasteiger partial charge in [0.25, 0.3) is 0 Å². The third-order valence-corrected chi connectivity index (χ3v) is 3.04. The summed E-state index contributed by atoms with van der Waals surface area (Å²) < 4.78 is 7.04. The second kappa shape index (κ2) is 4.29. The minimum atomic E-state index is 0.408. The molecule has 2 aromatic heterocycles. The fraction of sp³-hybridized carbons (Fsp3) is 0.545. The zero-order valence-electron chi connectivity index (χ0n) is 9.76. The third kappa shape index (κ3) is 2.08. The summed E-state index contributed by atoms with van der Waals surface area (Å²) in [6.07, 6.45) is 6.12. The van der Waals surface area contributed by atoms with Gasteiger partial charge in [0.1, 0.15) is 0 Å². The number of imidazole rings is 1. The monoisotopic (exact) mass is 233 g/mol. The Labute approximate surface area is 99.0 Å². The van der Waals surface area contributed by atoms with Gasteiger partial charge in [0.15, 0.2) is 5.82 Å². The quantitative estimate of drug-likeness (QED) is 0.858. The first-order valence-corrected chi connectivity index (χ1v) is 5.85. The summed E-state index contributed by atoms with van der Waals surface area (Å²) in [6, 6.07) is 0.408. The Morgan fingerprint density at radius 2 is 2.53 bits per heavy atom. The molecule has 1 atom stereocenters. The third-order valence-electron chi connectivity index (χ3n) is 3.04. The van der Waals surface area contributed by atoms with Crippen LogP contribution in [0.3, 0.4) is 0 Å². The van der Waals surface area contributed by atoms with E-state index in [1.807, 2.05) is 12.5 Å². The van der Waals surface area contributed by atoms with Crippen molar-refractivity contribution in [1.82, 2.24) is 25.0 Å². The largest absolute Gasteiger partial charge is 0.340 e. The average Bonchev–Trinajstić information content (AvgIpc) is 3.00. The van der Waals surface area contributed by atoms with Crippen LogP contribution < -0.4 is 5.32 Å². The topological polar surface area (TPSA) is 68.8 Å². The molecular formula is C11H15N5O. The molecule has 0 saturated carbocycles. The van der Waals surface area contributed by atoms with Crippen LogP contribution >= 0.6 is 0 Å². The first kappa shape index (κ1) is 10.5. The number of aromatic nitrogens is 4. The SMILES string of the molecule is Cc1nc(Cn2cncc2[C@@H]2CCCN2)no1. The van der Waals surface area contributed by atoms with E-state index in [-0.39, 0.29) is 0 Å². The van der Waals surface area contributed by atoms with E-state index in [9.17, 15) is 0 Å². The smallest absolute Gasteiger partial charge is 0.223 e. The number of nitrogens with one attached hydrogen (secondary N) is 1. The van der Waals surface area contributed by atoms with Gasteiger partial charge in [0.05, 0.1) is 18.6 Å². The van der Waals surface area contributed by atoms with E-state index in [2.05, 4.69) is 25.0 Å². The minimum Gasteiger partial charge on any atom is -0.340 e. The van der Waals surface area contributed by atoms with Crippen molar-refractivity contribution < 1.29 is 4.52 Å². The summed E-state index contributed by atoms with van der Waals surface area (Å²) in [5.74, 6) is 1.29. The van der Waals surface area contributed by atoms with Crippen LogP contribution in [0, 0.1) is 6.92 Å². The maximum atomic E-state index is 4.97. The standard InChI is InChI=1S/C11H15N5O/c1-8-14-11(15-17-8)6-16-7-12-5-10(16)9-3-2-4-13-9/h5,7,9,13H,2-4,6H2,1H3/t9-/m0/s1. The van der Waals surface area contributed by atoms with Crippen molar-refractivity contribution >= 4 is 0 Å². The Hall–Kier alpha value is -1.69. The molecule has 0 aliphatic carbocycles. The fourth-order valence-electron chi connectivity index (χ4n) is 2.25. The summed E-state index contributed by atoms with van der Waals surface area (Å²) >= 11 is 0. The molecule has 17 heavy (non-hydrogen) atoms. The van der Waals surface area contributed by atoms with Crippen LogP contribution in [-0.2, 0) is 6.54 Å². The first-order chi connectivity index (χ1) is 8.33. The summed E-state index contributed by atoms with van der Waals surface area (Å²) in [4.78, 5) is 8.41. The van der Waals surface area contributed by atoms with Gasteiger partial charge in [-0.05, 0) is 19.4 Å². The lowest BCUT2D eigenvalue weighted by molar-refractivity contribution is 0.385. The van der Waals surface area contributed by atoms with Gasteiger partial charge in [-0.15, -0.1) is 0 Å². The Morgan fingerprint density at radius 3 is 3.24 bits per heavy atom. The molecule has 2 aromatic rings. The number of nitrogens with zero attached hydrogens (tertiary/aromatic N) is 4. The maximum Gasteiger partial charge on any atom is 0.223 e. The van der Waals surface area contributed by atoms with Crippen LogP contribution in [0.25, 0.3) is 0 Å². The zero-order valence-corrected chi connectivity index (χ0v) is 9.76. The van der Waals surface area contributed by atoms with Crippen molar-refractivity contribution in [3.05, 3.63) is 29.9 Å². The molecule has 3 heterocycles. The summed E-state index contributed by atoms with van der Waals surface area (Å²) in [5.41, 5.74) is 1.20. The van der Waals surface area contributed by atoms with Crippen molar-refractivity contribution in [2.45, 2.75) is 32.4 Å². The molecule has 1 N–H and O–H groups in total. The number of hydrogen-bond acceptors (Lipinski definition) is 5. The van der Waals surface area contributed by atoms with Crippen LogP contribution in [0.2, 0.25) is 0 Å². The van der Waals surface area contributed by atoms with Crippen molar-refractivity contribution in [2.24, 2.45) is 0 Å². The van der Waals surface area contributed by atoms with Gasteiger partial charge in [-0.1, -0.05) is 5.16 Å². The van der Waals surface area contributed by atoms with Crippen LogP contribution in [0.5, 0.6) is 0 Å². The predicted molar refractivity (Wildman–Crippen MR) is 60.3 cm³/mol. The van der Waals surface area contributed by atoms with Crippen molar-refractivity contribution in [3.8, 4) is 0 Å². The van der Waals surface area contributed by atoms with Gasteiger partial charge in [-0.3, -0.25) is 0 Å². The van der Waals surface area contributed by atoms with Crippen LogP contribution in [-0.4, -0.2) is 26.2 Å². The van der Waals surface area contributed by atoms with Gasteiger partial charge in [-0.25, -0.2) is 4.98 Å². The van der Waals surface area contributed by atoms with Crippen molar-refractivity contribution in [2.75, 3.05) is 6.54 Å². The zero-order chi connectivity index (χ0) is 11.7. The van der Waals surface area contributed by atoms with E-state index < -0.39 is 0 Å². The number of hydrogen-bond donors (Lipinski definition) is 1. The summed E-state index contributed by atoms with van der Waals surface area (Å²) in [5, 5.41) is 7.37. The summed E-state index contributed by atoms with van der Waals surface area (Å²) in [7, 11) is 0. The molecule has 1 aliphatic rings. The van der Waals surface area contributed by atoms with Crippen LogP contribution in [0.15, 0.2) is 17.0 Å². The molecule has 0 unspecified atom stereocenters. The molecule has 0 amide bonds. The highest BCUT2D eigenvalue weighted by atomic mass is 16.5. The van der Waals surface area contributed by atoms with E-state index >= 15 is 0 Å². The molecular weight excluding hydrogens is 218 g/mol. The highest BCUT2D eigenvalue weighted by Gasteiger charge is 2.20. The van der Waals surface area contributed by atoms with Gasteiger partial charge in [0, 0.05) is 19.2 Å². The van der Waals surface area contributed by atoms with Gasteiger partial charge in [-0.2, -0.15) is 4.98 Å². The fourth-order valence-corrected chi connectivity index (χ4v) is 2.25. The lowest BCUT2D eigenvalue weighted by Crippen LogP contribution is -2.17. The second-order valence-electron chi connectivity index (χ2n) is 4.32. The maximum absolute atomic E-state index is 4.97. The molecule has 1 aliphatic heterocycles. The highest BCUT2D eigenvalue weighted by Crippen LogP contribution is 2.22. The number of rotatable bonds is 3. The van der Waals surface area contributed by atoms with Gasteiger partial charge in [0.2, 0.25) is 5.89 Å². The van der Waals surface area contributed by atoms with E-state index in [0.717, 1.165) is 13.0 Å². The highest BCUT2D eigenvalue weighted by molar-refractivity contribution is 5.08. The molecule has 90 valence electrons. The minimum absolute atomic E-state index is 0.408. The molecule has 0 aromatic carbocycles. The lowest BCUT2D eigenvalue weighted by atomic mass is 10.2. The molecule has 1 saturated heterocycles. The molecule has 1 fully saturated rings. The van der Waals surface area contributed by atoms with Crippen molar-refractivity contribution in [3.63, 3.8) is 0 Å². The molecule has 0 radical (unpaired) electrons. The van der Waals surface area contributed by atoms with E-state index in [4.69, 9.17) is 4.52 Å². The number of aryl methyl sites for hydroxylation is 1. The molecule has 6 nitrogen and oxygen atoms in total. The predicted octanol–water partition coefficient (Wildman–Crippen LogP) is 1.05. The Balaban J connectivity index is 1.81. The van der Waals surface area contributed by atoms with E-state index in [0.29, 0.717) is 24.3 Å². The van der Waals surface area contributed by atoms with Crippen molar-refractivity contribution in [1.29, 1.82) is 0 Å². The Morgan fingerprint density at radius 1 is 1.59 bits per heavy atom. The Bertz CT molecular complexity index is 497. The van der Waals surface area contributed by atoms with E-state index in [1.165, 1.54) is 12.1 Å².